The molecule has 0 aliphatic carbocycles. The summed E-state index contributed by atoms with van der Waals surface area (Å²) in [6, 6.07) is 32.3. The van der Waals surface area contributed by atoms with Crippen LogP contribution >= 0.6 is 43.0 Å². The molecule has 0 radical (unpaired) electrons. The van der Waals surface area contributed by atoms with E-state index in [2.05, 4.69) is 91.0 Å². The average Bonchev–Trinajstić information content (AvgIpc) is 2.72. The minimum atomic E-state index is -0.446. The Morgan fingerprint density at radius 3 is 1.23 bits per heavy atom. The first-order chi connectivity index (χ1) is 12.8. The number of hydrogen-bond donors (Lipinski definition) is 0. The lowest BCUT2D eigenvalue weighted by atomic mass is 10.4. The molecule has 3 aromatic rings. The Bertz CT molecular complexity index is 653. The van der Waals surface area contributed by atoms with E-state index in [0.717, 1.165) is 0 Å². The van der Waals surface area contributed by atoms with Crippen LogP contribution in [-0.4, -0.2) is 15.5 Å². The molecule has 3 aromatic carbocycles. The van der Waals surface area contributed by atoms with Gasteiger partial charge in [-0.15, -0.1) is 23.5 Å². The molecule has 0 bridgehead atoms. The van der Waals surface area contributed by atoms with Crippen LogP contribution in [0.25, 0.3) is 0 Å². The van der Waals surface area contributed by atoms with Gasteiger partial charge in [0.25, 0.3) is 0 Å². The van der Waals surface area contributed by atoms with Crippen molar-refractivity contribution in [3.63, 3.8) is 0 Å². The van der Waals surface area contributed by atoms with E-state index in [1.807, 2.05) is 23.5 Å². The van der Waals surface area contributed by atoms with Crippen molar-refractivity contribution in [2.45, 2.75) is 10.5 Å². The lowest BCUT2D eigenvalue weighted by molar-refractivity contribution is 1.12. The van der Waals surface area contributed by atoms with Crippen molar-refractivity contribution in [1.82, 2.24) is 0 Å². The Morgan fingerprint density at radius 2 is 0.962 bits per heavy atom. The fourth-order valence-corrected chi connectivity index (χ4v) is 7.61. The quantitative estimate of drug-likeness (QED) is 0.389. The third-order valence-electron chi connectivity index (χ3n) is 3.83. The van der Waals surface area contributed by atoms with Crippen molar-refractivity contribution in [2.75, 3.05) is 11.5 Å². The number of thioether (sulfide) groups is 2. The van der Waals surface area contributed by atoms with Gasteiger partial charge in [-0.1, -0.05) is 103 Å². The second-order valence-electron chi connectivity index (χ2n) is 5.71. The molecule has 0 spiro atoms. The van der Waals surface area contributed by atoms with Gasteiger partial charge < -0.3 is 0 Å². The van der Waals surface area contributed by atoms with E-state index in [9.17, 15) is 0 Å². The summed E-state index contributed by atoms with van der Waals surface area (Å²) < 4.78 is 0.341. The molecule has 0 aromatic heterocycles. The lowest BCUT2D eigenvalue weighted by Crippen LogP contribution is -2.20. The minimum absolute atomic E-state index is 0.341. The van der Waals surface area contributed by atoms with E-state index in [1.54, 1.807) is 0 Å². The zero-order chi connectivity index (χ0) is 18.0. The number of benzene rings is 3. The third kappa shape index (κ3) is 6.06. The Labute approximate surface area is 171 Å². The maximum atomic E-state index is 5.74. The fourth-order valence-electron chi connectivity index (χ4n) is 2.64. The molecule has 1 aliphatic rings. The first-order valence-corrected chi connectivity index (χ1v) is 12.5. The van der Waals surface area contributed by atoms with Crippen molar-refractivity contribution in [1.29, 1.82) is 0 Å². The van der Waals surface area contributed by atoms with Crippen molar-refractivity contribution < 1.29 is 0 Å². The zero-order valence-electron chi connectivity index (χ0n) is 14.5. The lowest BCUT2D eigenvalue weighted by Gasteiger charge is -2.18. The maximum Gasteiger partial charge on any atom is 0.124 e. The number of alkyl halides is 1. The molecule has 0 atom stereocenters. The van der Waals surface area contributed by atoms with Crippen molar-refractivity contribution in [3.8, 4) is 0 Å². The predicted octanol–water partition coefficient (Wildman–Crippen LogP) is 5.82. The van der Waals surface area contributed by atoms with E-state index < -0.39 is 7.92 Å². The second-order valence-corrected chi connectivity index (χ2v) is 11.6. The molecule has 0 saturated carbocycles. The van der Waals surface area contributed by atoms with Crippen LogP contribution < -0.4 is 15.9 Å². The van der Waals surface area contributed by atoms with Crippen LogP contribution in [0.15, 0.2) is 91.0 Å². The van der Waals surface area contributed by atoms with E-state index in [0.29, 0.717) is 4.04 Å². The fraction of sp³-hybridized carbons (Fsp3) is 0.182. The standard InChI is InChI=1S/C18H15P.C4H7ClS2/c1-4-10-16(11-5-1)19(17-12-6-2-7-13-17)18-14-8-3-9-15-18;5-4-6-2-1-3-7-4/h1-15H;4H,1-3H2. The smallest absolute Gasteiger partial charge is 0.124 e. The van der Waals surface area contributed by atoms with Gasteiger partial charge in [-0.25, -0.2) is 0 Å². The van der Waals surface area contributed by atoms with Gasteiger partial charge in [-0.05, 0) is 41.8 Å². The second kappa shape index (κ2) is 11.0. The molecule has 1 aliphatic heterocycles. The first-order valence-electron chi connectivity index (χ1n) is 8.67. The minimum Gasteiger partial charge on any atom is -0.132 e. The first kappa shape index (κ1) is 19.8. The highest BCUT2D eigenvalue weighted by atomic mass is 35.5. The van der Waals surface area contributed by atoms with Gasteiger partial charge in [0.15, 0.2) is 0 Å². The summed E-state index contributed by atoms with van der Waals surface area (Å²) in [4.78, 5) is 0. The average molecular weight is 417 g/mol. The van der Waals surface area contributed by atoms with Crippen molar-refractivity contribution >= 4 is 59.0 Å². The highest BCUT2D eigenvalue weighted by molar-refractivity contribution is 8.19. The zero-order valence-corrected chi connectivity index (χ0v) is 17.8. The van der Waals surface area contributed by atoms with Gasteiger partial charge in [0.05, 0.1) is 0 Å². The van der Waals surface area contributed by atoms with Crippen LogP contribution in [0.1, 0.15) is 6.42 Å². The molecule has 4 heteroatoms. The summed E-state index contributed by atoms with van der Waals surface area (Å²) in [6.45, 7) is 0. The van der Waals surface area contributed by atoms with Gasteiger partial charge >= 0.3 is 0 Å². The van der Waals surface area contributed by atoms with Gasteiger partial charge in [0.2, 0.25) is 0 Å². The predicted molar refractivity (Wildman–Crippen MR) is 124 cm³/mol. The van der Waals surface area contributed by atoms with Gasteiger partial charge in [0, 0.05) is 0 Å². The van der Waals surface area contributed by atoms with Crippen LogP contribution in [0.5, 0.6) is 0 Å². The molecule has 1 heterocycles. The molecule has 4 rings (SSSR count). The molecular formula is C22H22ClPS2. The largest absolute Gasteiger partial charge is 0.132 e. The highest BCUT2D eigenvalue weighted by Gasteiger charge is 2.15. The third-order valence-corrected chi connectivity index (χ3v) is 9.42. The number of halogens is 1. The summed E-state index contributed by atoms with van der Waals surface area (Å²) in [5.41, 5.74) is 0. The molecular weight excluding hydrogens is 395 g/mol. The summed E-state index contributed by atoms with van der Waals surface area (Å²) in [7, 11) is -0.446. The normalized spacial score (nSPS) is 14.5. The Hall–Kier alpha value is -0.920. The summed E-state index contributed by atoms with van der Waals surface area (Å²) in [6.07, 6.45) is 1.33. The molecule has 0 N–H and O–H groups in total. The molecule has 134 valence electrons. The molecule has 26 heavy (non-hydrogen) atoms. The topological polar surface area (TPSA) is 0 Å². The van der Waals surface area contributed by atoms with Crippen molar-refractivity contribution in [3.05, 3.63) is 91.0 Å². The maximum absolute atomic E-state index is 5.74. The molecule has 1 fully saturated rings. The Kier molecular flexibility index (Phi) is 8.42. The van der Waals surface area contributed by atoms with Crippen LogP contribution in [-0.2, 0) is 0 Å². The van der Waals surface area contributed by atoms with Crippen LogP contribution in [0.3, 0.4) is 0 Å². The highest BCUT2D eigenvalue weighted by Crippen LogP contribution is 2.33. The summed E-state index contributed by atoms with van der Waals surface area (Å²) >= 11 is 9.44. The van der Waals surface area contributed by atoms with Gasteiger partial charge in [0.1, 0.15) is 4.04 Å². The monoisotopic (exact) mass is 416 g/mol. The van der Waals surface area contributed by atoms with Gasteiger partial charge in [-0.2, -0.15) is 0 Å². The SMILES string of the molecule is ClC1SCCCS1.c1ccc(P(c2ccccc2)c2ccccc2)cc1. The van der Waals surface area contributed by atoms with Crippen LogP contribution in [0.4, 0.5) is 0 Å². The number of hydrogen-bond acceptors (Lipinski definition) is 2. The Balaban J connectivity index is 0.000000236. The Morgan fingerprint density at radius 1 is 0.615 bits per heavy atom. The van der Waals surface area contributed by atoms with E-state index in [-0.39, 0.29) is 0 Å². The summed E-state index contributed by atoms with van der Waals surface area (Å²) in [5, 5.41) is 4.19. The number of rotatable bonds is 3. The van der Waals surface area contributed by atoms with E-state index in [4.69, 9.17) is 11.6 Å². The van der Waals surface area contributed by atoms with Crippen molar-refractivity contribution in [2.24, 2.45) is 0 Å². The van der Waals surface area contributed by atoms with E-state index >= 15 is 0 Å². The molecule has 0 nitrogen and oxygen atoms in total. The van der Waals surface area contributed by atoms with Crippen LogP contribution in [0, 0.1) is 0 Å². The van der Waals surface area contributed by atoms with Crippen LogP contribution in [0.2, 0.25) is 0 Å². The van der Waals surface area contributed by atoms with Gasteiger partial charge in [-0.3, -0.25) is 0 Å². The van der Waals surface area contributed by atoms with E-state index in [1.165, 1.54) is 33.8 Å². The molecule has 1 saturated heterocycles. The molecule has 0 unspecified atom stereocenters. The molecule has 0 amide bonds. The summed E-state index contributed by atoms with van der Waals surface area (Å²) in [5.74, 6) is 2.50.